The molecular weight excluding hydrogens is 393 g/mol. The third-order valence-electron chi connectivity index (χ3n) is 3.13. The molecule has 22 heavy (non-hydrogen) atoms. The second-order valence-corrected chi connectivity index (χ2v) is 5.29. The zero-order chi connectivity index (χ0) is 15.5. The van der Waals surface area contributed by atoms with Crippen LogP contribution in [0, 0.1) is 6.92 Å². The van der Waals surface area contributed by atoms with Gasteiger partial charge in [-0.3, -0.25) is 4.99 Å². The van der Waals surface area contributed by atoms with Gasteiger partial charge < -0.3 is 15.2 Å². The van der Waals surface area contributed by atoms with E-state index in [1.54, 1.807) is 0 Å². The summed E-state index contributed by atoms with van der Waals surface area (Å²) in [5.74, 6) is 2.17. The Hall–Kier alpha value is -0.860. The van der Waals surface area contributed by atoms with Crippen molar-refractivity contribution in [3.8, 4) is 0 Å². The molecule has 1 unspecified atom stereocenters. The van der Waals surface area contributed by atoms with Gasteiger partial charge in [-0.25, -0.2) is 0 Å². The number of aliphatic imine (C=N–C) groups is 1. The molecule has 1 aromatic rings. The van der Waals surface area contributed by atoms with Crippen molar-refractivity contribution in [1.29, 1.82) is 0 Å². The monoisotopic (exact) mass is 423 g/mol. The van der Waals surface area contributed by atoms with Gasteiger partial charge in [-0.05, 0) is 27.2 Å². The van der Waals surface area contributed by atoms with Gasteiger partial charge in [-0.15, -0.1) is 24.0 Å². The molecule has 6 nitrogen and oxygen atoms in total. The van der Waals surface area contributed by atoms with E-state index in [-0.39, 0.29) is 24.0 Å². The quantitative estimate of drug-likeness (QED) is 0.276. The Kier molecular flexibility index (Phi) is 12.2. The van der Waals surface area contributed by atoms with Gasteiger partial charge in [0.2, 0.25) is 5.89 Å². The summed E-state index contributed by atoms with van der Waals surface area (Å²) < 4.78 is 5.08. The van der Waals surface area contributed by atoms with Gasteiger partial charge in [0.05, 0.1) is 6.54 Å². The van der Waals surface area contributed by atoms with Gasteiger partial charge >= 0.3 is 0 Å². The highest BCUT2D eigenvalue weighted by molar-refractivity contribution is 14.0. The number of hydrogen-bond donors (Lipinski definition) is 2. The molecule has 0 aliphatic rings. The fourth-order valence-corrected chi connectivity index (χ4v) is 2.03. The smallest absolute Gasteiger partial charge is 0.228 e. The minimum atomic E-state index is 0. The zero-order valence-corrected chi connectivity index (χ0v) is 16.5. The zero-order valence-electron chi connectivity index (χ0n) is 14.2. The Morgan fingerprint density at radius 2 is 2.09 bits per heavy atom. The van der Waals surface area contributed by atoms with E-state index in [1.165, 1.54) is 25.7 Å². The summed E-state index contributed by atoms with van der Waals surface area (Å²) in [6, 6.07) is 0.431. The Labute approximate surface area is 150 Å². The highest BCUT2D eigenvalue weighted by atomic mass is 127. The Balaban J connectivity index is 0.00000441. The molecule has 0 amide bonds. The second-order valence-electron chi connectivity index (χ2n) is 5.29. The second kappa shape index (κ2) is 12.7. The van der Waals surface area contributed by atoms with Crippen molar-refractivity contribution in [3.05, 3.63) is 11.7 Å². The molecule has 1 heterocycles. The van der Waals surface area contributed by atoms with Crippen molar-refractivity contribution in [2.45, 2.75) is 65.8 Å². The van der Waals surface area contributed by atoms with Crippen LogP contribution in [0.25, 0.3) is 0 Å². The van der Waals surface area contributed by atoms with E-state index >= 15 is 0 Å². The lowest BCUT2D eigenvalue weighted by Crippen LogP contribution is -2.42. The van der Waals surface area contributed by atoms with Crippen LogP contribution in [0.4, 0.5) is 0 Å². The fraction of sp³-hybridized carbons (Fsp3) is 0.800. The molecule has 0 saturated carbocycles. The number of rotatable bonds is 9. The van der Waals surface area contributed by atoms with Crippen LogP contribution >= 0.6 is 24.0 Å². The average molecular weight is 423 g/mol. The SMILES string of the molecule is CCCCCC(C)NC(=NCCc1nc(C)no1)NCC.I. The number of guanidine groups is 1. The van der Waals surface area contributed by atoms with Gasteiger partial charge in [0.15, 0.2) is 11.8 Å². The average Bonchev–Trinajstić information content (AvgIpc) is 2.85. The molecule has 2 N–H and O–H groups in total. The van der Waals surface area contributed by atoms with Crippen LogP contribution in [0.5, 0.6) is 0 Å². The third-order valence-corrected chi connectivity index (χ3v) is 3.13. The van der Waals surface area contributed by atoms with Crippen molar-refractivity contribution in [2.75, 3.05) is 13.1 Å². The first-order valence-electron chi connectivity index (χ1n) is 7.99. The molecular formula is C15H30IN5O. The maximum Gasteiger partial charge on any atom is 0.228 e. The van der Waals surface area contributed by atoms with E-state index in [1.807, 2.05) is 6.92 Å². The van der Waals surface area contributed by atoms with Crippen LogP contribution in [-0.4, -0.2) is 35.2 Å². The van der Waals surface area contributed by atoms with Crippen LogP contribution in [0.15, 0.2) is 9.52 Å². The van der Waals surface area contributed by atoms with E-state index in [4.69, 9.17) is 4.52 Å². The maximum absolute atomic E-state index is 5.08. The lowest BCUT2D eigenvalue weighted by atomic mass is 10.1. The summed E-state index contributed by atoms with van der Waals surface area (Å²) in [6.45, 7) is 9.80. The normalized spacial score (nSPS) is 12.6. The molecule has 1 aromatic heterocycles. The first kappa shape index (κ1) is 21.1. The molecule has 0 spiro atoms. The van der Waals surface area contributed by atoms with Crippen molar-refractivity contribution in [2.24, 2.45) is 4.99 Å². The number of nitrogens with zero attached hydrogens (tertiary/aromatic N) is 3. The standard InChI is InChI=1S/C15H29N5O.HI/c1-5-7-8-9-12(3)18-15(16-6-2)17-11-10-14-19-13(4)20-21-14;/h12H,5-11H2,1-4H3,(H2,16,17,18);1H. The van der Waals surface area contributed by atoms with Crippen molar-refractivity contribution >= 4 is 29.9 Å². The van der Waals surface area contributed by atoms with Crippen LogP contribution in [0.2, 0.25) is 0 Å². The lowest BCUT2D eigenvalue weighted by Gasteiger charge is -2.17. The molecule has 0 fully saturated rings. The van der Waals surface area contributed by atoms with Gasteiger partial charge in [-0.2, -0.15) is 4.98 Å². The summed E-state index contributed by atoms with van der Waals surface area (Å²) in [5.41, 5.74) is 0. The Morgan fingerprint density at radius 3 is 2.68 bits per heavy atom. The van der Waals surface area contributed by atoms with Crippen LogP contribution < -0.4 is 10.6 Å². The van der Waals surface area contributed by atoms with Crippen LogP contribution in [0.1, 0.15) is 58.2 Å². The molecule has 0 aliphatic carbocycles. The van der Waals surface area contributed by atoms with E-state index in [0.29, 0.717) is 30.7 Å². The van der Waals surface area contributed by atoms with E-state index < -0.39 is 0 Å². The van der Waals surface area contributed by atoms with E-state index in [2.05, 4.69) is 46.5 Å². The Bertz CT molecular complexity index is 422. The predicted octanol–water partition coefficient (Wildman–Crippen LogP) is 3.06. The third kappa shape index (κ3) is 9.22. The summed E-state index contributed by atoms with van der Waals surface area (Å²) in [4.78, 5) is 8.73. The summed E-state index contributed by atoms with van der Waals surface area (Å²) in [7, 11) is 0. The molecule has 0 saturated heterocycles. The molecule has 0 aliphatic heterocycles. The number of hydrogen-bond acceptors (Lipinski definition) is 4. The minimum absolute atomic E-state index is 0. The van der Waals surface area contributed by atoms with Crippen molar-refractivity contribution in [1.82, 2.24) is 20.8 Å². The number of nitrogens with one attached hydrogen (secondary N) is 2. The largest absolute Gasteiger partial charge is 0.357 e. The van der Waals surface area contributed by atoms with E-state index in [0.717, 1.165) is 12.5 Å². The van der Waals surface area contributed by atoms with Crippen molar-refractivity contribution < 1.29 is 4.52 Å². The maximum atomic E-state index is 5.08. The highest BCUT2D eigenvalue weighted by Gasteiger charge is 2.06. The molecule has 0 radical (unpaired) electrons. The van der Waals surface area contributed by atoms with Crippen LogP contribution in [0.3, 0.4) is 0 Å². The number of halogens is 1. The predicted molar refractivity (Wildman–Crippen MR) is 101 cm³/mol. The first-order valence-corrected chi connectivity index (χ1v) is 7.99. The number of unbranched alkanes of at least 4 members (excludes halogenated alkanes) is 2. The van der Waals surface area contributed by atoms with Gasteiger partial charge in [-0.1, -0.05) is 31.3 Å². The molecule has 1 atom stereocenters. The minimum Gasteiger partial charge on any atom is -0.357 e. The molecule has 1 rings (SSSR count). The van der Waals surface area contributed by atoms with Crippen molar-refractivity contribution in [3.63, 3.8) is 0 Å². The van der Waals surface area contributed by atoms with Gasteiger partial charge in [0.1, 0.15) is 0 Å². The Morgan fingerprint density at radius 1 is 1.32 bits per heavy atom. The van der Waals surface area contributed by atoms with Crippen LogP contribution in [-0.2, 0) is 6.42 Å². The summed E-state index contributed by atoms with van der Waals surface area (Å²) in [5, 5.41) is 10.5. The topological polar surface area (TPSA) is 75.3 Å². The van der Waals surface area contributed by atoms with Gasteiger partial charge in [0, 0.05) is 19.0 Å². The van der Waals surface area contributed by atoms with E-state index in [9.17, 15) is 0 Å². The fourth-order valence-electron chi connectivity index (χ4n) is 2.03. The number of aryl methyl sites for hydroxylation is 1. The molecule has 7 heteroatoms. The number of aromatic nitrogens is 2. The summed E-state index contributed by atoms with van der Waals surface area (Å²) in [6.07, 6.45) is 5.63. The molecule has 0 aromatic carbocycles. The highest BCUT2D eigenvalue weighted by Crippen LogP contribution is 2.02. The van der Waals surface area contributed by atoms with Gasteiger partial charge in [0.25, 0.3) is 0 Å². The molecule has 128 valence electrons. The summed E-state index contributed by atoms with van der Waals surface area (Å²) >= 11 is 0. The first-order chi connectivity index (χ1) is 10.2. The lowest BCUT2D eigenvalue weighted by molar-refractivity contribution is 0.376. The molecule has 0 bridgehead atoms.